The van der Waals surface area contributed by atoms with Crippen LogP contribution in [0.4, 0.5) is 0 Å². The SMILES string of the molecule is Cc1ncc2n1CCN(C(C)c1ccc3c(c1)OCC3)C2. The van der Waals surface area contributed by atoms with Crippen LogP contribution < -0.4 is 4.74 Å². The third-order valence-corrected chi connectivity index (χ3v) is 4.86. The Morgan fingerprint density at radius 2 is 2.19 bits per heavy atom. The zero-order valence-corrected chi connectivity index (χ0v) is 12.7. The third kappa shape index (κ3) is 2.14. The fourth-order valence-electron chi connectivity index (χ4n) is 3.45. The highest BCUT2D eigenvalue weighted by molar-refractivity contribution is 5.41. The highest BCUT2D eigenvalue weighted by atomic mass is 16.5. The van der Waals surface area contributed by atoms with Crippen LogP contribution in [0.1, 0.15) is 35.6 Å². The Morgan fingerprint density at radius 1 is 1.29 bits per heavy atom. The molecule has 0 fully saturated rings. The number of imidazole rings is 1. The molecule has 0 radical (unpaired) electrons. The normalized spacial score (nSPS) is 19.0. The summed E-state index contributed by atoms with van der Waals surface area (Å²) in [7, 11) is 0. The molecule has 1 unspecified atom stereocenters. The average Bonchev–Trinajstić information content (AvgIpc) is 3.12. The van der Waals surface area contributed by atoms with Gasteiger partial charge in [-0.1, -0.05) is 12.1 Å². The number of rotatable bonds is 2. The van der Waals surface area contributed by atoms with E-state index in [0.29, 0.717) is 6.04 Å². The maximum absolute atomic E-state index is 5.70. The quantitative estimate of drug-likeness (QED) is 0.849. The van der Waals surface area contributed by atoms with E-state index in [2.05, 4.69) is 46.5 Å². The molecule has 0 N–H and O–H groups in total. The van der Waals surface area contributed by atoms with Gasteiger partial charge in [0.05, 0.1) is 12.3 Å². The van der Waals surface area contributed by atoms with Gasteiger partial charge in [0, 0.05) is 38.3 Å². The summed E-state index contributed by atoms with van der Waals surface area (Å²) in [5, 5.41) is 0. The van der Waals surface area contributed by atoms with Gasteiger partial charge in [-0.25, -0.2) is 4.98 Å². The summed E-state index contributed by atoms with van der Waals surface area (Å²) in [5.74, 6) is 2.21. The molecule has 21 heavy (non-hydrogen) atoms. The van der Waals surface area contributed by atoms with E-state index in [9.17, 15) is 0 Å². The Morgan fingerprint density at radius 3 is 3.10 bits per heavy atom. The van der Waals surface area contributed by atoms with Gasteiger partial charge in [0.1, 0.15) is 11.6 Å². The number of aryl methyl sites for hydroxylation is 1. The maximum atomic E-state index is 5.70. The molecule has 2 aliphatic rings. The molecule has 1 aromatic heterocycles. The van der Waals surface area contributed by atoms with Crippen LogP contribution in [0.3, 0.4) is 0 Å². The Balaban J connectivity index is 1.57. The van der Waals surface area contributed by atoms with Crippen molar-refractivity contribution in [3.05, 3.63) is 47.0 Å². The lowest BCUT2D eigenvalue weighted by Gasteiger charge is -2.33. The summed E-state index contributed by atoms with van der Waals surface area (Å²) in [6.07, 6.45) is 3.06. The molecule has 0 bridgehead atoms. The standard InChI is InChI=1S/C17H21N3O/c1-12(15-4-3-14-5-8-21-17(14)9-15)19-6-7-20-13(2)18-10-16(20)11-19/h3-4,9-10,12H,5-8,11H2,1-2H3. The second-order valence-electron chi connectivity index (χ2n) is 6.06. The number of hydrogen-bond donors (Lipinski definition) is 0. The third-order valence-electron chi connectivity index (χ3n) is 4.86. The van der Waals surface area contributed by atoms with Crippen molar-refractivity contribution in [2.24, 2.45) is 0 Å². The molecule has 2 aromatic rings. The molecular formula is C17H21N3O. The Kier molecular flexibility index (Phi) is 3.00. The summed E-state index contributed by atoms with van der Waals surface area (Å²) in [5.41, 5.74) is 4.02. The van der Waals surface area contributed by atoms with Crippen LogP contribution in [-0.2, 0) is 19.5 Å². The minimum absolute atomic E-state index is 0.406. The summed E-state index contributed by atoms with van der Waals surface area (Å²) in [6.45, 7) is 8.28. The average molecular weight is 283 g/mol. The number of ether oxygens (including phenoxy) is 1. The highest BCUT2D eigenvalue weighted by Crippen LogP contribution is 2.32. The molecule has 3 heterocycles. The zero-order chi connectivity index (χ0) is 14.4. The van der Waals surface area contributed by atoms with Gasteiger partial charge in [-0.2, -0.15) is 0 Å². The molecule has 1 aromatic carbocycles. The van der Waals surface area contributed by atoms with Crippen molar-refractivity contribution >= 4 is 0 Å². The molecule has 0 saturated carbocycles. The number of nitrogens with zero attached hydrogens (tertiary/aromatic N) is 3. The number of benzene rings is 1. The van der Waals surface area contributed by atoms with Crippen LogP contribution in [0, 0.1) is 6.92 Å². The summed E-state index contributed by atoms with van der Waals surface area (Å²) in [6, 6.07) is 7.12. The van der Waals surface area contributed by atoms with Gasteiger partial charge in [0.15, 0.2) is 0 Å². The van der Waals surface area contributed by atoms with Crippen LogP contribution in [0.5, 0.6) is 5.75 Å². The van der Waals surface area contributed by atoms with Gasteiger partial charge < -0.3 is 9.30 Å². The molecule has 1 atom stereocenters. The van der Waals surface area contributed by atoms with Gasteiger partial charge in [-0.15, -0.1) is 0 Å². The van der Waals surface area contributed by atoms with Gasteiger partial charge in [0.25, 0.3) is 0 Å². The van der Waals surface area contributed by atoms with Crippen LogP contribution in [0.25, 0.3) is 0 Å². The predicted octanol–water partition coefficient (Wildman–Crippen LogP) is 2.70. The molecule has 110 valence electrons. The number of hydrogen-bond acceptors (Lipinski definition) is 3. The van der Waals surface area contributed by atoms with Gasteiger partial charge in [-0.3, -0.25) is 4.90 Å². The van der Waals surface area contributed by atoms with E-state index in [-0.39, 0.29) is 0 Å². The number of fused-ring (bicyclic) bond motifs is 2. The van der Waals surface area contributed by atoms with Crippen LogP contribution in [0.15, 0.2) is 24.4 Å². The van der Waals surface area contributed by atoms with Crippen molar-refractivity contribution in [3.63, 3.8) is 0 Å². The monoisotopic (exact) mass is 283 g/mol. The summed E-state index contributed by atoms with van der Waals surface area (Å²) >= 11 is 0. The van der Waals surface area contributed by atoms with E-state index < -0.39 is 0 Å². The Hall–Kier alpha value is -1.81. The molecule has 0 spiro atoms. The molecule has 2 aliphatic heterocycles. The molecule has 4 rings (SSSR count). The summed E-state index contributed by atoms with van der Waals surface area (Å²) in [4.78, 5) is 6.95. The second-order valence-corrected chi connectivity index (χ2v) is 6.06. The lowest BCUT2D eigenvalue weighted by molar-refractivity contribution is 0.165. The second kappa shape index (κ2) is 4.88. The van der Waals surface area contributed by atoms with Crippen molar-refractivity contribution in [2.75, 3.05) is 13.2 Å². The lowest BCUT2D eigenvalue weighted by Crippen LogP contribution is -2.35. The maximum Gasteiger partial charge on any atom is 0.122 e. The van der Waals surface area contributed by atoms with E-state index in [1.165, 1.54) is 16.8 Å². The summed E-state index contributed by atoms with van der Waals surface area (Å²) < 4.78 is 8.03. The molecule has 4 heteroatoms. The molecule has 4 nitrogen and oxygen atoms in total. The van der Waals surface area contributed by atoms with E-state index in [1.54, 1.807) is 0 Å². The minimum atomic E-state index is 0.406. The van der Waals surface area contributed by atoms with E-state index in [0.717, 1.165) is 44.2 Å². The van der Waals surface area contributed by atoms with Crippen molar-refractivity contribution < 1.29 is 4.74 Å². The van der Waals surface area contributed by atoms with Crippen molar-refractivity contribution in [2.45, 2.75) is 39.4 Å². The van der Waals surface area contributed by atoms with Gasteiger partial charge in [0.2, 0.25) is 0 Å². The van der Waals surface area contributed by atoms with Crippen molar-refractivity contribution in [1.82, 2.24) is 14.5 Å². The van der Waals surface area contributed by atoms with Crippen LogP contribution in [-0.4, -0.2) is 27.6 Å². The fraction of sp³-hybridized carbons (Fsp3) is 0.471. The number of aromatic nitrogens is 2. The van der Waals surface area contributed by atoms with Gasteiger partial charge in [-0.05, 0) is 31.0 Å². The Bertz CT molecular complexity index is 677. The fourth-order valence-corrected chi connectivity index (χ4v) is 3.45. The van der Waals surface area contributed by atoms with Crippen molar-refractivity contribution in [3.8, 4) is 5.75 Å². The van der Waals surface area contributed by atoms with Crippen LogP contribution in [0.2, 0.25) is 0 Å². The first-order chi connectivity index (χ1) is 10.2. The Labute approximate surface area is 125 Å². The largest absolute Gasteiger partial charge is 0.493 e. The highest BCUT2D eigenvalue weighted by Gasteiger charge is 2.24. The van der Waals surface area contributed by atoms with Crippen LogP contribution >= 0.6 is 0 Å². The molecule has 0 amide bonds. The first-order valence-electron chi connectivity index (χ1n) is 7.73. The first-order valence-corrected chi connectivity index (χ1v) is 7.73. The van der Waals surface area contributed by atoms with E-state index in [1.807, 2.05) is 6.20 Å². The van der Waals surface area contributed by atoms with Crippen molar-refractivity contribution in [1.29, 1.82) is 0 Å². The molecular weight excluding hydrogens is 262 g/mol. The predicted molar refractivity (Wildman–Crippen MR) is 81.4 cm³/mol. The van der Waals surface area contributed by atoms with E-state index >= 15 is 0 Å². The topological polar surface area (TPSA) is 30.3 Å². The molecule has 0 aliphatic carbocycles. The zero-order valence-electron chi connectivity index (χ0n) is 12.7. The minimum Gasteiger partial charge on any atom is -0.493 e. The lowest BCUT2D eigenvalue weighted by atomic mass is 10.0. The van der Waals surface area contributed by atoms with Gasteiger partial charge >= 0.3 is 0 Å². The van der Waals surface area contributed by atoms with E-state index in [4.69, 9.17) is 4.74 Å². The molecule has 0 saturated heterocycles. The first kappa shape index (κ1) is 12.9. The smallest absolute Gasteiger partial charge is 0.122 e.